The summed E-state index contributed by atoms with van der Waals surface area (Å²) in [6, 6.07) is 4.44. The van der Waals surface area contributed by atoms with E-state index in [-0.39, 0.29) is 6.61 Å². The Hall–Kier alpha value is -1.02. The van der Waals surface area contributed by atoms with Gasteiger partial charge in [0.25, 0.3) is 0 Å². The Morgan fingerprint density at radius 2 is 1.71 bits per heavy atom. The maximum Gasteiger partial charge on any atom is 0.0476 e. The predicted octanol–water partition coefficient (Wildman–Crippen LogP) is 3.07. The average Bonchev–Trinajstić information content (AvgIpc) is 2.24. The summed E-state index contributed by atoms with van der Waals surface area (Å²) in [4.78, 5) is 2.27. The first-order chi connectivity index (χ1) is 7.99. The number of benzene rings is 1. The second kappa shape index (κ2) is 6.06. The van der Waals surface area contributed by atoms with Crippen molar-refractivity contribution < 1.29 is 5.11 Å². The number of hydrogen-bond donors (Lipinski definition) is 1. The molecule has 17 heavy (non-hydrogen) atoms. The molecule has 96 valence electrons. The summed E-state index contributed by atoms with van der Waals surface area (Å²) in [7, 11) is 2.11. The minimum atomic E-state index is 0.269. The third-order valence-corrected chi connectivity index (χ3v) is 3.38. The number of nitrogens with zero attached hydrogens (tertiary/aromatic N) is 1. The SMILES string of the molecule is CCC(CO)CN(C)c1c(C)cc(C)cc1C. The minimum absolute atomic E-state index is 0.269. The smallest absolute Gasteiger partial charge is 0.0476 e. The van der Waals surface area contributed by atoms with E-state index >= 15 is 0 Å². The zero-order valence-corrected chi connectivity index (χ0v) is 11.7. The number of rotatable bonds is 5. The fourth-order valence-corrected chi connectivity index (χ4v) is 2.57. The van der Waals surface area contributed by atoms with E-state index < -0.39 is 0 Å². The van der Waals surface area contributed by atoms with Crippen LogP contribution in [0.25, 0.3) is 0 Å². The molecule has 0 saturated carbocycles. The van der Waals surface area contributed by atoms with Crippen molar-refractivity contribution in [3.05, 3.63) is 28.8 Å². The summed E-state index contributed by atoms with van der Waals surface area (Å²) in [6.45, 7) is 9.76. The zero-order chi connectivity index (χ0) is 13.0. The molecular weight excluding hydrogens is 210 g/mol. The maximum absolute atomic E-state index is 9.28. The summed E-state index contributed by atoms with van der Waals surface area (Å²) in [5.74, 6) is 0.361. The highest BCUT2D eigenvalue weighted by atomic mass is 16.3. The fraction of sp³-hybridized carbons (Fsp3) is 0.600. The third kappa shape index (κ3) is 3.47. The lowest BCUT2D eigenvalue weighted by atomic mass is 10.0. The van der Waals surface area contributed by atoms with Gasteiger partial charge in [0.1, 0.15) is 0 Å². The van der Waals surface area contributed by atoms with Gasteiger partial charge < -0.3 is 10.0 Å². The van der Waals surface area contributed by atoms with E-state index in [2.05, 4.69) is 51.8 Å². The largest absolute Gasteiger partial charge is 0.396 e. The standard InChI is InChI=1S/C15H25NO/c1-6-14(10-17)9-16(5)15-12(3)7-11(2)8-13(15)4/h7-8,14,17H,6,9-10H2,1-5H3. The second-order valence-electron chi connectivity index (χ2n) is 5.08. The number of aliphatic hydroxyl groups excluding tert-OH is 1. The fourth-order valence-electron chi connectivity index (χ4n) is 2.57. The second-order valence-corrected chi connectivity index (χ2v) is 5.08. The van der Waals surface area contributed by atoms with Crippen molar-refractivity contribution in [3.8, 4) is 0 Å². The van der Waals surface area contributed by atoms with Gasteiger partial charge in [0.2, 0.25) is 0 Å². The highest BCUT2D eigenvalue weighted by Crippen LogP contribution is 2.26. The summed E-state index contributed by atoms with van der Waals surface area (Å²) >= 11 is 0. The molecule has 1 atom stereocenters. The number of aryl methyl sites for hydroxylation is 3. The Morgan fingerprint density at radius 3 is 2.12 bits per heavy atom. The van der Waals surface area contributed by atoms with Crippen LogP contribution >= 0.6 is 0 Å². The quantitative estimate of drug-likeness (QED) is 0.848. The van der Waals surface area contributed by atoms with E-state index in [0.717, 1.165) is 13.0 Å². The topological polar surface area (TPSA) is 23.5 Å². The van der Waals surface area contributed by atoms with Crippen molar-refractivity contribution in [2.24, 2.45) is 5.92 Å². The van der Waals surface area contributed by atoms with Crippen molar-refractivity contribution in [2.45, 2.75) is 34.1 Å². The van der Waals surface area contributed by atoms with Gasteiger partial charge >= 0.3 is 0 Å². The van der Waals surface area contributed by atoms with Gasteiger partial charge in [-0.2, -0.15) is 0 Å². The lowest BCUT2D eigenvalue weighted by molar-refractivity contribution is 0.225. The molecule has 0 aliphatic heterocycles. The molecule has 2 nitrogen and oxygen atoms in total. The van der Waals surface area contributed by atoms with E-state index in [1.165, 1.54) is 22.4 Å². The molecule has 1 unspecified atom stereocenters. The minimum Gasteiger partial charge on any atom is -0.396 e. The zero-order valence-electron chi connectivity index (χ0n) is 11.7. The molecule has 0 amide bonds. The lowest BCUT2D eigenvalue weighted by Gasteiger charge is -2.27. The van der Waals surface area contributed by atoms with Gasteiger partial charge in [-0.25, -0.2) is 0 Å². The molecule has 1 N–H and O–H groups in total. The summed E-state index contributed by atoms with van der Waals surface area (Å²) in [6.07, 6.45) is 1.02. The van der Waals surface area contributed by atoms with Crippen LogP contribution in [0.4, 0.5) is 5.69 Å². The monoisotopic (exact) mass is 235 g/mol. The van der Waals surface area contributed by atoms with Crippen molar-refractivity contribution in [1.82, 2.24) is 0 Å². The van der Waals surface area contributed by atoms with Gasteiger partial charge in [-0.3, -0.25) is 0 Å². The molecule has 1 aromatic rings. The van der Waals surface area contributed by atoms with Crippen molar-refractivity contribution in [2.75, 3.05) is 25.1 Å². The van der Waals surface area contributed by atoms with Crippen LogP contribution in [0.1, 0.15) is 30.0 Å². The molecule has 0 aliphatic carbocycles. The van der Waals surface area contributed by atoms with Gasteiger partial charge in [0.15, 0.2) is 0 Å². The predicted molar refractivity (Wildman–Crippen MR) is 74.8 cm³/mol. The molecule has 0 heterocycles. The van der Waals surface area contributed by atoms with Crippen molar-refractivity contribution >= 4 is 5.69 Å². The van der Waals surface area contributed by atoms with Gasteiger partial charge in [-0.1, -0.05) is 24.6 Å². The van der Waals surface area contributed by atoms with Crippen LogP contribution in [-0.4, -0.2) is 25.3 Å². The normalized spacial score (nSPS) is 12.6. The molecule has 0 spiro atoms. The van der Waals surface area contributed by atoms with Crippen LogP contribution < -0.4 is 4.90 Å². The van der Waals surface area contributed by atoms with Crippen molar-refractivity contribution in [1.29, 1.82) is 0 Å². The molecular formula is C15H25NO. The Labute approximate surface area is 105 Å². The van der Waals surface area contributed by atoms with Gasteiger partial charge in [0, 0.05) is 25.9 Å². The molecule has 1 aromatic carbocycles. The molecule has 0 aromatic heterocycles. The van der Waals surface area contributed by atoms with Crippen LogP contribution in [0.15, 0.2) is 12.1 Å². The van der Waals surface area contributed by atoms with E-state index in [0.29, 0.717) is 5.92 Å². The van der Waals surface area contributed by atoms with Crippen LogP contribution in [0.2, 0.25) is 0 Å². The summed E-state index contributed by atoms with van der Waals surface area (Å²) < 4.78 is 0. The molecule has 2 heteroatoms. The first-order valence-corrected chi connectivity index (χ1v) is 6.39. The molecule has 0 bridgehead atoms. The number of aliphatic hydroxyl groups is 1. The highest BCUT2D eigenvalue weighted by Gasteiger charge is 2.13. The molecule has 0 radical (unpaired) electrons. The van der Waals surface area contributed by atoms with Crippen LogP contribution in [0.5, 0.6) is 0 Å². The van der Waals surface area contributed by atoms with Crippen molar-refractivity contribution in [3.63, 3.8) is 0 Å². The van der Waals surface area contributed by atoms with Gasteiger partial charge in [0.05, 0.1) is 0 Å². The van der Waals surface area contributed by atoms with Crippen LogP contribution in [0.3, 0.4) is 0 Å². The van der Waals surface area contributed by atoms with Crippen LogP contribution in [0, 0.1) is 26.7 Å². The van der Waals surface area contributed by atoms with E-state index in [1.807, 2.05) is 0 Å². The van der Waals surface area contributed by atoms with Gasteiger partial charge in [-0.05, 0) is 44.2 Å². The Morgan fingerprint density at radius 1 is 1.18 bits per heavy atom. The highest BCUT2D eigenvalue weighted by molar-refractivity contribution is 5.59. The van der Waals surface area contributed by atoms with E-state index in [9.17, 15) is 5.11 Å². The average molecular weight is 235 g/mol. The first-order valence-electron chi connectivity index (χ1n) is 6.39. The van der Waals surface area contributed by atoms with Gasteiger partial charge in [-0.15, -0.1) is 0 Å². The van der Waals surface area contributed by atoms with E-state index in [1.54, 1.807) is 0 Å². The molecule has 0 fully saturated rings. The molecule has 0 aliphatic rings. The summed E-state index contributed by atoms with van der Waals surface area (Å²) in [5, 5.41) is 9.28. The van der Waals surface area contributed by atoms with Crippen LogP contribution in [-0.2, 0) is 0 Å². The molecule has 0 saturated heterocycles. The Bertz CT molecular complexity index is 346. The van der Waals surface area contributed by atoms with E-state index in [4.69, 9.17) is 0 Å². The lowest BCUT2D eigenvalue weighted by Crippen LogP contribution is -2.28. The molecule has 1 rings (SSSR count). The first kappa shape index (κ1) is 14.0. The third-order valence-electron chi connectivity index (χ3n) is 3.38. The number of hydrogen-bond acceptors (Lipinski definition) is 2. The number of anilines is 1. The summed E-state index contributed by atoms with van der Waals surface area (Å²) in [5.41, 5.74) is 5.25. The Balaban J connectivity index is 2.92. The Kier molecular flexibility index (Phi) is 5.01. The maximum atomic E-state index is 9.28.